The second kappa shape index (κ2) is 7.25. The van der Waals surface area contributed by atoms with Crippen molar-refractivity contribution in [1.29, 1.82) is 0 Å². The van der Waals surface area contributed by atoms with Crippen molar-refractivity contribution in [2.24, 2.45) is 0 Å². The second-order valence-electron chi connectivity index (χ2n) is 2.34. The highest BCUT2D eigenvalue weighted by Gasteiger charge is 2.12. The summed E-state index contributed by atoms with van der Waals surface area (Å²) in [6.45, 7) is 1.63. The van der Waals surface area contributed by atoms with E-state index in [0.29, 0.717) is 0 Å². The molecule has 0 radical (unpaired) electrons. The van der Waals surface area contributed by atoms with Crippen molar-refractivity contribution in [2.45, 2.75) is 20.0 Å². The Hall–Kier alpha value is -1.18. The molecule has 0 heterocycles. The maximum atomic E-state index is 10.3. The minimum Gasteiger partial charge on any atom is -0.393 e. The van der Waals surface area contributed by atoms with E-state index in [4.69, 9.17) is 5.11 Å². The fourth-order valence-corrected chi connectivity index (χ4v) is 0.440. The van der Waals surface area contributed by atoms with E-state index in [1.807, 2.05) is 0 Å². The van der Waals surface area contributed by atoms with Crippen LogP contribution in [0.15, 0.2) is 0 Å². The Labute approximate surface area is 80.4 Å². The Balaban J connectivity index is 3.57. The van der Waals surface area contributed by atoms with Gasteiger partial charge in [-0.15, -0.1) is 0 Å². The van der Waals surface area contributed by atoms with Gasteiger partial charge in [-0.1, -0.05) is 0 Å². The van der Waals surface area contributed by atoms with Gasteiger partial charge in [-0.05, 0) is 0 Å². The predicted octanol–water partition coefficient (Wildman–Crippen LogP) is -0.663. The maximum Gasteiger partial charge on any atom is 0.339 e. The first-order valence-electron chi connectivity index (χ1n) is 3.81. The second-order valence-corrected chi connectivity index (χ2v) is 2.34. The number of rotatable bonds is 6. The van der Waals surface area contributed by atoms with Gasteiger partial charge < -0.3 is 5.11 Å². The molecule has 82 valence electrons. The topological polar surface area (TPSA) is 91.3 Å². The number of carbonyl (C=O) groups excluding carboxylic acids is 2. The Kier molecular flexibility index (Phi) is 6.63. The molecule has 0 spiro atoms. The standard InChI is InChI=1S/C7H12O7/c1-5(9)12-11-4-7(3-8)14-13-6(2)10/h7-8H,3-4H2,1-2H3. The third-order valence-electron chi connectivity index (χ3n) is 0.935. The van der Waals surface area contributed by atoms with E-state index in [1.54, 1.807) is 0 Å². The quantitative estimate of drug-likeness (QED) is 0.457. The molecular formula is C7H12O7. The molecule has 0 bridgehead atoms. The lowest BCUT2D eigenvalue weighted by atomic mass is 10.4. The Bertz CT molecular complexity index is 190. The molecule has 1 N–H and O–H groups in total. The summed E-state index contributed by atoms with van der Waals surface area (Å²) in [7, 11) is 0. The van der Waals surface area contributed by atoms with Crippen molar-refractivity contribution in [1.82, 2.24) is 0 Å². The van der Waals surface area contributed by atoms with Crippen LogP contribution in [0.5, 0.6) is 0 Å². The highest BCUT2D eigenvalue weighted by molar-refractivity contribution is 5.65. The molecule has 14 heavy (non-hydrogen) atoms. The fraction of sp³-hybridized carbons (Fsp3) is 0.714. The molecule has 1 unspecified atom stereocenters. The number of hydrogen-bond donors (Lipinski definition) is 1. The van der Waals surface area contributed by atoms with Gasteiger partial charge in [0.25, 0.3) is 0 Å². The third-order valence-corrected chi connectivity index (χ3v) is 0.935. The van der Waals surface area contributed by atoms with E-state index in [-0.39, 0.29) is 6.61 Å². The lowest BCUT2D eigenvalue weighted by Gasteiger charge is -2.11. The van der Waals surface area contributed by atoms with E-state index >= 15 is 0 Å². The van der Waals surface area contributed by atoms with Gasteiger partial charge in [0.05, 0.1) is 6.61 Å². The Morgan fingerprint density at radius 3 is 2.21 bits per heavy atom. The van der Waals surface area contributed by atoms with Crippen LogP contribution in [0.3, 0.4) is 0 Å². The average molecular weight is 208 g/mol. The Morgan fingerprint density at radius 2 is 1.79 bits per heavy atom. The van der Waals surface area contributed by atoms with Crippen molar-refractivity contribution in [3.05, 3.63) is 0 Å². The zero-order chi connectivity index (χ0) is 11.0. The van der Waals surface area contributed by atoms with Crippen molar-refractivity contribution >= 4 is 11.9 Å². The number of aliphatic hydroxyl groups is 1. The van der Waals surface area contributed by atoms with Crippen LogP contribution in [-0.2, 0) is 29.1 Å². The lowest BCUT2D eigenvalue weighted by molar-refractivity contribution is -0.338. The van der Waals surface area contributed by atoms with Crippen LogP contribution in [0.25, 0.3) is 0 Å². The van der Waals surface area contributed by atoms with Gasteiger partial charge >= 0.3 is 11.9 Å². The molecular weight excluding hydrogens is 196 g/mol. The van der Waals surface area contributed by atoms with Crippen molar-refractivity contribution < 1.29 is 34.2 Å². The van der Waals surface area contributed by atoms with Crippen molar-refractivity contribution in [2.75, 3.05) is 13.2 Å². The molecule has 0 aliphatic rings. The lowest BCUT2D eigenvalue weighted by Crippen LogP contribution is -2.25. The van der Waals surface area contributed by atoms with E-state index in [2.05, 4.69) is 19.6 Å². The van der Waals surface area contributed by atoms with Crippen LogP contribution in [0.2, 0.25) is 0 Å². The summed E-state index contributed by atoms with van der Waals surface area (Å²) in [4.78, 5) is 37.6. The summed E-state index contributed by atoms with van der Waals surface area (Å²) >= 11 is 0. The van der Waals surface area contributed by atoms with Gasteiger partial charge in [0, 0.05) is 13.8 Å². The van der Waals surface area contributed by atoms with Crippen molar-refractivity contribution in [3.8, 4) is 0 Å². The summed E-state index contributed by atoms with van der Waals surface area (Å²) in [5, 5.41) is 8.67. The highest BCUT2D eigenvalue weighted by Crippen LogP contribution is 1.95. The number of hydrogen-bond acceptors (Lipinski definition) is 7. The van der Waals surface area contributed by atoms with Crippen LogP contribution in [0.4, 0.5) is 0 Å². The summed E-state index contributed by atoms with van der Waals surface area (Å²) in [5.41, 5.74) is 0. The molecule has 0 fully saturated rings. The maximum absolute atomic E-state index is 10.3. The van der Waals surface area contributed by atoms with Crippen molar-refractivity contribution in [3.63, 3.8) is 0 Å². The minimum absolute atomic E-state index is 0.233. The molecule has 0 saturated carbocycles. The molecule has 7 nitrogen and oxygen atoms in total. The van der Waals surface area contributed by atoms with Gasteiger partial charge in [-0.25, -0.2) is 9.59 Å². The third kappa shape index (κ3) is 7.47. The molecule has 0 aromatic rings. The van der Waals surface area contributed by atoms with Crippen LogP contribution < -0.4 is 0 Å². The zero-order valence-corrected chi connectivity index (χ0v) is 7.89. The molecule has 0 aliphatic heterocycles. The molecule has 0 aliphatic carbocycles. The molecule has 0 aromatic heterocycles. The first-order valence-corrected chi connectivity index (χ1v) is 3.81. The predicted molar refractivity (Wildman–Crippen MR) is 41.4 cm³/mol. The van der Waals surface area contributed by atoms with E-state index in [1.165, 1.54) is 0 Å². The summed E-state index contributed by atoms with van der Waals surface area (Å²) < 4.78 is 0. The van der Waals surface area contributed by atoms with Gasteiger partial charge in [0.2, 0.25) is 0 Å². The highest BCUT2D eigenvalue weighted by atomic mass is 17.2. The van der Waals surface area contributed by atoms with E-state index in [9.17, 15) is 9.59 Å². The van der Waals surface area contributed by atoms with Gasteiger partial charge in [-0.2, -0.15) is 9.78 Å². The van der Waals surface area contributed by atoms with Crippen LogP contribution in [0.1, 0.15) is 13.8 Å². The van der Waals surface area contributed by atoms with Gasteiger partial charge in [0.1, 0.15) is 6.61 Å². The van der Waals surface area contributed by atoms with Crippen LogP contribution in [0, 0.1) is 0 Å². The molecule has 0 amide bonds. The SMILES string of the molecule is CC(=O)OOCC(CO)OOC(C)=O. The molecule has 7 heteroatoms. The molecule has 0 saturated heterocycles. The normalized spacial score (nSPS) is 11.9. The monoisotopic (exact) mass is 208 g/mol. The summed E-state index contributed by atoms with van der Waals surface area (Å²) in [6, 6.07) is 0. The van der Waals surface area contributed by atoms with E-state index < -0.39 is 24.6 Å². The zero-order valence-electron chi connectivity index (χ0n) is 7.89. The molecule has 0 aromatic carbocycles. The molecule has 1 atom stereocenters. The number of carbonyl (C=O) groups is 2. The van der Waals surface area contributed by atoms with Crippen LogP contribution >= 0.6 is 0 Å². The van der Waals surface area contributed by atoms with E-state index in [0.717, 1.165) is 13.8 Å². The van der Waals surface area contributed by atoms with Gasteiger partial charge in [0.15, 0.2) is 6.10 Å². The Morgan fingerprint density at radius 1 is 1.21 bits per heavy atom. The first-order chi connectivity index (χ1) is 6.56. The number of aliphatic hydroxyl groups excluding tert-OH is 1. The van der Waals surface area contributed by atoms with Gasteiger partial charge in [-0.3, -0.25) is 9.78 Å². The van der Waals surface area contributed by atoms with Crippen LogP contribution in [-0.4, -0.2) is 36.4 Å². The fourth-order valence-electron chi connectivity index (χ4n) is 0.440. The average Bonchev–Trinajstić information content (AvgIpc) is 2.10. The first kappa shape index (κ1) is 12.8. The smallest absolute Gasteiger partial charge is 0.339 e. The summed E-state index contributed by atoms with van der Waals surface area (Å²) in [5.74, 6) is -1.29. The minimum atomic E-state index is -0.891. The largest absolute Gasteiger partial charge is 0.393 e. The molecule has 0 rings (SSSR count). The summed E-state index contributed by atoms with van der Waals surface area (Å²) in [6.07, 6.45) is -0.891.